The molecule has 0 heterocycles. The van der Waals surface area contributed by atoms with E-state index in [1.165, 1.54) is 5.56 Å². The lowest BCUT2D eigenvalue weighted by atomic mass is 9.97. The second-order valence-corrected chi connectivity index (χ2v) is 4.68. The molecule has 0 spiro atoms. The second kappa shape index (κ2) is 6.69. The normalized spacial score (nSPS) is 12.2. The van der Waals surface area contributed by atoms with Gasteiger partial charge in [-0.2, -0.15) is 0 Å². The van der Waals surface area contributed by atoms with Crippen LogP contribution in [0.1, 0.15) is 38.2 Å². The number of para-hydroxylation sites is 1. The number of amides is 1. The summed E-state index contributed by atoms with van der Waals surface area (Å²) < 4.78 is 0. The molecule has 0 aliphatic rings. The zero-order chi connectivity index (χ0) is 12.0. The lowest BCUT2D eigenvalue weighted by molar-refractivity contribution is -0.115. The number of hydrogen-bond donors (Lipinski definition) is 1. The van der Waals surface area contributed by atoms with Crippen LogP contribution in [0.25, 0.3) is 0 Å². The molecule has 16 heavy (non-hydrogen) atoms. The van der Waals surface area contributed by atoms with Gasteiger partial charge in [0.2, 0.25) is 5.91 Å². The molecule has 1 aromatic rings. The molecular weight excluding hydrogens is 266 g/mol. The number of rotatable bonds is 5. The molecule has 0 bridgehead atoms. The average molecular weight is 284 g/mol. The highest BCUT2D eigenvalue weighted by atomic mass is 79.9. The average Bonchev–Trinajstić information content (AvgIpc) is 2.29. The summed E-state index contributed by atoms with van der Waals surface area (Å²) in [6.45, 7) is 4.33. The highest BCUT2D eigenvalue weighted by Gasteiger charge is 2.10. The number of carbonyl (C=O) groups is 1. The summed E-state index contributed by atoms with van der Waals surface area (Å²) in [6, 6.07) is 8.02. The minimum absolute atomic E-state index is 0.0626. The summed E-state index contributed by atoms with van der Waals surface area (Å²) in [7, 11) is 0. The fourth-order valence-corrected chi connectivity index (χ4v) is 1.92. The van der Waals surface area contributed by atoms with Gasteiger partial charge in [-0.1, -0.05) is 48.0 Å². The van der Waals surface area contributed by atoms with Crippen molar-refractivity contribution in [2.75, 3.05) is 10.6 Å². The smallest absolute Gasteiger partial charge is 0.225 e. The standard InChI is InChI=1S/C13H18BrNO/c1-3-10(2)11-6-4-5-7-12(11)15-13(16)8-9-14/h4-7,10H,3,8-9H2,1-2H3,(H,15,16). The Bertz CT molecular complexity index is 352. The zero-order valence-corrected chi connectivity index (χ0v) is 11.4. The molecule has 1 N–H and O–H groups in total. The van der Waals surface area contributed by atoms with Gasteiger partial charge in [-0.3, -0.25) is 4.79 Å². The van der Waals surface area contributed by atoms with Crippen molar-refractivity contribution < 1.29 is 4.79 Å². The van der Waals surface area contributed by atoms with Crippen LogP contribution in [0.4, 0.5) is 5.69 Å². The second-order valence-electron chi connectivity index (χ2n) is 3.88. The van der Waals surface area contributed by atoms with Crippen molar-refractivity contribution in [3.63, 3.8) is 0 Å². The van der Waals surface area contributed by atoms with Crippen molar-refractivity contribution in [3.8, 4) is 0 Å². The Labute approximate surface area is 106 Å². The van der Waals surface area contributed by atoms with E-state index in [1.54, 1.807) is 0 Å². The van der Waals surface area contributed by atoms with E-state index in [4.69, 9.17) is 0 Å². The Morgan fingerprint density at radius 1 is 1.44 bits per heavy atom. The van der Waals surface area contributed by atoms with Gasteiger partial charge in [0.15, 0.2) is 0 Å². The number of alkyl halides is 1. The zero-order valence-electron chi connectivity index (χ0n) is 9.79. The number of anilines is 1. The van der Waals surface area contributed by atoms with Crippen LogP contribution in [-0.2, 0) is 4.79 Å². The third kappa shape index (κ3) is 3.63. The molecule has 3 heteroatoms. The van der Waals surface area contributed by atoms with Gasteiger partial charge < -0.3 is 5.32 Å². The van der Waals surface area contributed by atoms with Gasteiger partial charge in [-0.25, -0.2) is 0 Å². The summed E-state index contributed by atoms with van der Waals surface area (Å²) in [4.78, 5) is 11.5. The highest BCUT2D eigenvalue weighted by molar-refractivity contribution is 9.09. The van der Waals surface area contributed by atoms with Crippen LogP contribution in [0.15, 0.2) is 24.3 Å². The Hall–Kier alpha value is -0.830. The van der Waals surface area contributed by atoms with E-state index in [9.17, 15) is 4.79 Å². The molecule has 0 aliphatic heterocycles. The molecule has 1 unspecified atom stereocenters. The molecule has 0 saturated carbocycles. The molecule has 0 aromatic heterocycles. The van der Waals surface area contributed by atoms with Crippen molar-refractivity contribution in [3.05, 3.63) is 29.8 Å². The molecule has 0 aliphatic carbocycles. The van der Waals surface area contributed by atoms with E-state index in [0.29, 0.717) is 17.7 Å². The molecule has 1 amide bonds. The molecule has 2 nitrogen and oxygen atoms in total. The first-order valence-electron chi connectivity index (χ1n) is 5.63. The van der Waals surface area contributed by atoms with Gasteiger partial charge in [0.25, 0.3) is 0 Å². The van der Waals surface area contributed by atoms with Crippen molar-refractivity contribution in [1.29, 1.82) is 0 Å². The summed E-state index contributed by atoms with van der Waals surface area (Å²) in [6.07, 6.45) is 1.58. The molecule has 0 radical (unpaired) electrons. The van der Waals surface area contributed by atoms with Gasteiger partial charge >= 0.3 is 0 Å². The van der Waals surface area contributed by atoms with E-state index in [2.05, 4.69) is 41.2 Å². The maximum absolute atomic E-state index is 11.5. The fraction of sp³-hybridized carbons (Fsp3) is 0.462. The fourth-order valence-electron chi connectivity index (χ4n) is 1.56. The summed E-state index contributed by atoms with van der Waals surface area (Å²) in [5.74, 6) is 0.535. The van der Waals surface area contributed by atoms with Crippen molar-refractivity contribution in [2.24, 2.45) is 0 Å². The Morgan fingerprint density at radius 2 is 2.12 bits per heavy atom. The van der Waals surface area contributed by atoms with Gasteiger partial charge in [0.05, 0.1) is 0 Å². The molecular formula is C13H18BrNO. The van der Waals surface area contributed by atoms with Gasteiger partial charge in [0.1, 0.15) is 0 Å². The van der Waals surface area contributed by atoms with Gasteiger partial charge in [0, 0.05) is 17.4 Å². The molecule has 88 valence electrons. The van der Waals surface area contributed by atoms with Gasteiger partial charge in [-0.15, -0.1) is 0 Å². The van der Waals surface area contributed by atoms with Gasteiger partial charge in [-0.05, 0) is 24.0 Å². The lowest BCUT2D eigenvalue weighted by Gasteiger charge is -2.15. The van der Waals surface area contributed by atoms with Crippen LogP contribution in [-0.4, -0.2) is 11.2 Å². The van der Waals surface area contributed by atoms with Crippen molar-refractivity contribution in [1.82, 2.24) is 0 Å². The predicted octanol–water partition coefficient (Wildman–Crippen LogP) is 3.92. The minimum Gasteiger partial charge on any atom is -0.326 e. The molecule has 0 saturated heterocycles. The Morgan fingerprint density at radius 3 is 2.75 bits per heavy atom. The van der Waals surface area contributed by atoms with Crippen LogP contribution in [0.5, 0.6) is 0 Å². The maximum Gasteiger partial charge on any atom is 0.225 e. The van der Waals surface area contributed by atoms with E-state index in [-0.39, 0.29) is 5.91 Å². The maximum atomic E-state index is 11.5. The quantitative estimate of drug-likeness (QED) is 0.816. The highest BCUT2D eigenvalue weighted by Crippen LogP contribution is 2.26. The SMILES string of the molecule is CCC(C)c1ccccc1NC(=O)CCBr. The summed E-state index contributed by atoms with van der Waals surface area (Å²) in [5.41, 5.74) is 2.16. The first-order valence-corrected chi connectivity index (χ1v) is 6.76. The number of halogens is 1. The first kappa shape index (κ1) is 13.2. The lowest BCUT2D eigenvalue weighted by Crippen LogP contribution is -2.13. The molecule has 1 atom stereocenters. The van der Waals surface area contributed by atoms with E-state index in [0.717, 1.165) is 12.1 Å². The predicted molar refractivity (Wildman–Crippen MR) is 72.2 cm³/mol. The van der Waals surface area contributed by atoms with Crippen LogP contribution >= 0.6 is 15.9 Å². The third-order valence-corrected chi connectivity index (χ3v) is 3.10. The first-order chi connectivity index (χ1) is 7.69. The van der Waals surface area contributed by atoms with E-state index >= 15 is 0 Å². The topological polar surface area (TPSA) is 29.1 Å². The van der Waals surface area contributed by atoms with Crippen LogP contribution < -0.4 is 5.32 Å². The van der Waals surface area contributed by atoms with Crippen LogP contribution in [0.2, 0.25) is 0 Å². The molecule has 1 aromatic carbocycles. The monoisotopic (exact) mass is 283 g/mol. The van der Waals surface area contributed by atoms with E-state index < -0.39 is 0 Å². The van der Waals surface area contributed by atoms with E-state index in [1.807, 2.05) is 18.2 Å². The Kier molecular flexibility index (Phi) is 5.53. The number of benzene rings is 1. The Balaban J connectivity index is 2.82. The third-order valence-electron chi connectivity index (χ3n) is 2.70. The van der Waals surface area contributed by atoms with Crippen LogP contribution in [0, 0.1) is 0 Å². The number of carbonyl (C=O) groups excluding carboxylic acids is 1. The minimum atomic E-state index is 0.0626. The van der Waals surface area contributed by atoms with Crippen LogP contribution in [0.3, 0.4) is 0 Å². The summed E-state index contributed by atoms with van der Waals surface area (Å²) in [5, 5.41) is 3.66. The largest absolute Gasteiger partial charge is 0.326 e. The van der Waals surface area contributed by atoms with Crippen molar-refractivity contribution in [2.45, 2.75) is 32.6 Å². The number of hydrogen-bond acceptors (Lipinski definition) is 1. The molecule has 0 fully saturated rings. The number of nitrogens with one attached hydrogen (secondary N) is 1. The molecule has 1 rings (SSSR count). The van der Waals surface area contributed by atoms with Crippen molar-refractivity contribution >= 4 is 27.5 Å². The summed E-state index contributed by atoms with van der Waals surface area (Å²) >= 11 is 3.26.